The van der Waals surface area contributed by atoms with Gasteiger partial charge in [-0.2, -0.15) is 0 Å². The Balaban J connectivity index is 2.12. The molecule has 0 saturated heterocycles. The first-order chi connectivity index (χ1) is 12.1. The van der Waals surface area contributed by atoms with Crippen molar-refractivity contribution in [2.24, 2.45) is 0 Å². The smallest absolute Gasteiger partial charge is 0.251 e. The van der Waals surface area contributed by atoms with Crippen molar-refractivity contribution in [1.29, 1.82) is 0 Å². The maximum atomic E-state index is 13.2. The molecule has 0 bridgehead atoms. The first kappa shape index (κ1) is 19.8. The van der Waals surface area contributed by atoms with E-state index in [4.69, 9.17) is 0 Å². The maximum Gasteiger partial charge on any atom is 0.251 e. The molecule has 0 aliphatic carbocycles. The molecule has 0 saturated carbocycles. The Morgan fingerprint density at radius 1 is 1.12 bits per heavy atom. The van der Waals surface area contributed by atoms with Gasteiger partial charge in [0.05, 0.1) is 18.5 Å². The number of anilines is 1. The van der Waals surface area contributed by atoms with Crippen molar-refractivity contribution < 1.29 is 22.0 Å². The Kier molecular flexibility index (Phi) is 5.97. The predicted octanol–water partition coefficient (Wildman–Crippen LogP) is 2.78. The van der Waals surface area contributed by atoms with Gasteiger partial charge in [-0.3, -0.25) is 9.10 Å². The van der Waals surface area contributed by atoms with Crippen LogP contribution in [0.4, 0.5) is 14.5 Å². The van der Waals surface area contributed by atoms with Crippen LogP contribution in [0.2, 0.25) is 0 Å². The van der Waals surface area contributed by atoms with Gasteiger partial charge in [0.25, 0.3) is 5.91 Å². The van der Waals surface area contributed by atoms with Crippen molar-refractivity contribution in [3.05, 3.63) is 64.7 Å². The number of nitrogens with one attached hydrogen (secondary N) is 1. The van der Waals surface area contributed by atoms with Crippen LogP contribution >= 0.6 is 0 Å². The van der Waals surface area contributed by atoms with E-state index in [1.165, 1.54) is 4.31 Å². The average molecular weight is 382 g/mol. The molecule has 2 aromatic carbocycles. The molecule has 2 aromatic rings. The fourth-order valence-corrected chi connectivity index (χ4v) is 3.46. The summed E-state index contributed by atoms with van der Waals surface area (Å²) in [5.41, 5.74) is 2.27. The van der Waals surface area contributed by atoms with Gasteiger partial charge in [0.15, 0.2) is 11.6 Å². The van der Waals surface area contributed by atoms with Crippen LogP contribution in [0.1, 0.15) is 21.5 Å². The number of aryl methyl sites for hydroxylation is 1. The number of halogens is 2. The van der Waals surface area contributed by atoms with E-state index in [0.29, 0.717) is 5.69 Å². The van der Waals surface area contributed by atoms with Gasteiger partial charge in [0.2, 0.25) is 10.0 Å². The summed E-state index contributed by atoms with van der Waals surface area (Å²) in [6.45, 7) is 3.73. The predicted molar refractivity (Wildman–Crippen MR) is 96.8 cm³/mol. The Morgan fingerprint density at radius 3 is 2.42 bits per heavy atom. The van der Waals surface area contributed by atoms with E-state index in [0.717, 1.165) is 35.6 Å². The molecule has 0 atom stereocenters. The quantitative estimate of drug-likeness (QED) is 0.835. The summed E-state index contributed by atoms with van der Waals surface area (Å²) in [6, 6.07) is 8.15. The van der Waals surface area contributed by atoms with E-state index in [9.17, 15) is 22.0 Å². The summed E-state index contributed by atoms with van der Waals surface area (Å²) in [5, 5.41) is 2.52. The molecule has 140 valence electrons. The molecule has 0 aliphatic heterocycles. The number of carbonyl (C=O) groups is 1. The van der Waals surface area contributed by atoms with E-state index < -0.39 is 27.6 Å². The number of amides is 1. The fourth-order valence-electron chi connectivity index (χ4n) is 2.48. The lowest BCUT2D eigenvalue weighted by Crippen LogP contribution is -2.38. The zero-order valence-corrected chi connectivity index (χ0v) is 15.5. The third kappa shape index (κ3) is 4.57. The van der Waals surface area contributed by atoms with Gasteiger partial charge in [-0.25, -0.2) is 17.2 Å². The molecule has 8 heteroatoms. The molecule has 0 aliphatic rings. The zero-order valence-electron chi connectivity index (χ0n) is 14.7. The topological polar surface area (TPSA) is 66.5 Å². The summed E-state index contributed by atoms with van der Waals surface area (Å²) >= 11 is 0. The van der Waals surface area contributed by atoms with Gasteiger partial charge in [-0.15, -0.1) is 0 Å². The van der Waals surface area contributed by atoms with Crippen LogP contribution in [0.25, 0.3) is 0 Å². The summed E-state index contributed by atoms with van der Waals surface area (Å²) < 4.78 is 51.6. The highest BCUT2D eigenvalue weighted by molar-refractivity contribution is 7.92. The SMILES string of the molecule is Cc1cccc(N(CCNC(=O)c2ccc(F)c(F)c2)S(C)(=O)=O)c1C. The first-order valence-electron chi connectivity index (χ1n) is 7.88. The second-order valence-electron chi connectivity index (χ2n) is 5.94. The number of nitrogens with zero attached hydrogens (tertiary/aromatic N) is 1. The number of benzene rings is 2. The number of hydrogen-bond donors (Lipinski definition) is 1. The highest BCUT2D eigenvalue weighted by atomic mass is 32.2. The van der Waals surface area contributed by atoms with Crippen molar-refractivity contribution in [3.8, 4) is 0 Å². The molecule has 0 spiro atoms. The molecule has 0 heterocycles. The van der Waals surface area contributed by atoms with Crippen LogP contribution < -0.4 is 9.62 Å². The third-order valence-corrected chi connectivity index (χ3v) is 5.21. The summed E-state index contributed by atoms with van der Waals surface area (Å²) in [4.78, 5) is 12.0. The van der Waals surface area contributed by atoms with Crippen LogP contribution in [0.15, 0.2) is 36.4 Å². The zero-order chi connectivity index (χ0) is 19.5. The number of carbonyl (C=O) groups excluding carboxylic acids is 1. The second kappa shape index (κ2) is 7.82. The van der Waals surface area contributed by atoms with E-state index in [1.54, 1.807) is 12.1 Å². The summed E-state index contributed by atoms with van der Waals surface area (Å²) in [7, 11) is -3.56. The van der Waals surface area contributed by atoms with E-state index in [1.807, 2.05) is 19.9 Å². The average Bonchev–Trinajstić information content (AvgIpc) is 2.56. The Labute approximate surface area is 151 Å². The molecule has 5 nitrogen and oxygen atoms in total. The highest BCUT2D eigenvalue weighted by Crippen LogP contribution is 2.24. The summed E-state index contributed by atoms with van der Waals surface area (Å²) in [6.07, 6.45) is 1.09. The molecule has 26 heavy (non-hydrogen) atoms. The van der Waals surface area contributed by atoms with Crippen LogP contribution in [-0.4, -0.2) is 33.7 Å². The molecular weight excluding hydrogens is 362 g/mol. The highest BCUT2D eigenvalue weighted by Gasteiger charge is 2.20. The molecule has 0 fully saturated rings. The Bertz CT molecular complexity index is 930. The molecule has 0 aromatic heterocycles. The van der Waals surface area contributed by atoms with Crippen molar-refractivity contribution in [2.75, 3.05) is 23.7 Å². The van der Waals surface area contributed by atoms with E-state index >= 15 is 0 Å². The third-order valence-electron chi connectivity index (χ3n) is 4.03. The molecule has 1 amide bonds. The first-order valence-corrected chi connectivity index (χ1v) is 9.73. The molecular formula is C18H20F2N2O3S. The fraction of sp³-hybridized carbons (Fsp3) is 0.278. The van der Waals surface area contributed by atoms with E-state index in [-0.39, 0.29) is 18.7 Å². The standard InChI is InChI=1S/C18H20F2N2O3S/c1-12-5-4-6-17(13(12)2)22(26(3,24)25)10-9-21-18(23)14-7-8-15(19)16(20)11-14/h4-8,11H,9-10H2,1-3H3,(H,21,23). The lowest BCUT2D eigenvalue weighted by Gasteiger charge is -2.25. The summed E-state index contributed by atoms with van der Waals surface area (Å²) in [5.74, 6) is -2.77. The van der Waals surface area contributed by atoms with Gasteiger partial charge >= 0.3 is 0 Å². The molecule has 0 unspecified atom stereocenters. The monoisotopic (exact) mass is 382 g/mol. The van der Waals surface area contributed by atoms with Crippen molar-refractivity contribution >= 4 is 21.6 Å². The molecule has 0 radical (unpaired) electrons. The number of rotatable bonds is 6. The maximum absolute atomic E-state index is 13.2. The van der Waals surface area contributed by atoms with Crippen molar-refractivity contribution in [1.82, 2.24) is 5.32 Å². The van der Waals surface area contributed by atoms with Crippen LogP contribution in [0.3, 0.4) is 0 Å². The minimum absolute atomic E-state index is 0.0122. The van der Waals surface area contributed by atoms with Crippen molar-refractivity contribution in [2.45, 2.75) is 13.8 Å². The lowest BCUT2D eigenvalue weighted by molar-refractivity contribution is 0.0954. The van der Waals surface area contributed by atoms with Crippen molar-refractivity contribution in [3.63, 3.8) is 0 Å². The number of hydrogen-bond acceptors (Lipinski definition) is 3. The van der Waals surface area contributed by atoms with Gasteiger partial charge in [-0.05, 0) is 49.2 Å². The number of sulfonamides is 1. The van der Waals surface area contributed by atoms with Gasteiger partial charge in [0, 0.05) is 12.1 Å². The Hall–Kier alpha value is -2.48. The minimum atomic E-state index is -3.56. The van der Waals surface area contributed by atoms with Gasteiger partial charge in [-0.1, -0.05) is 12.1 Å². The van der Waals surface area contributed by atoms with Crippen LogP contribution in [0, 0.1) is 25.5 Å². The largest absolute Gasteiger partial charge is 0.350 e. The second-order valence-corrected chi connectivity index (χ2v) is 7.85. The van der Waals surface area contributed by atoms with Gasteiger partial charge < -0.3 is 5.32 Å². The van der Waals surface area contributed by atoms with Crippen LogP contribution in [-0.2, 0) is 10.0 Å². The lowest BCUT2D eigenvalue weighted by atomic mass is 10.1. The minimum Gasteiger partial charge on any atom is -0.350 e. The van der Waals surface area contributed by atoms with Gasteiger partial charge in [0.1, 0.15) is 0 Å². The normalized spacial score (nSPS) is 11.3. The molecule has 2 rings (SSSR count). The molecule has 1 N–H and O–H groups in total. The van der Waals surface area contributed by atoms with Crippen LogP contribution in [0.5, 0.6) is 0 Å². The van der Waals surface area contributed by atoms with E-state index in [2.05, 4.69) is 5.32 Å². The Morgan fingerprint density at radius 2 is 1.81 bits per heavy atom.